The highest BCUT2D eigenvalue weighted by atomic mass is 35.5. The summed E-state index contributed by atoms with van der Waals surface area (Å²) in [6.45, 7) is 3.78. The molecule has 0 heterocycles. The molecule has 1 unspecified atom stereocenters. The molecule has 0 saturated heterocycles. The zero-order valence-corrected chi connectivity index (χ0v) is 13.0. The molecule has 0 aliphatic carbocycles. The summed E-state index contributed by atoms with van der Waals surface area (Å²) < 4.78 is 0. The maximum Gasteiger partial charge on any atom is 0.251 e. The van der Waals surface area contributed by atoms with Crippen LogP contribution in [-0.2, 0) is 4.79 Å². The molecule has 21 heavy (non-hydrogen) atoms. The number of aliphatic hydroxyl groups is 1. The van der Waals surface area contributed by atoms with Gasteiger partial charge in [-0.05, 0) is 36.6 Å². The van der Waals surface area contributed by atoms with Gasteiger partial charge in [0.25, 0.3) is 5.91 Å². The van der Waals surface area contributed by atoms with Crippen molar-refractivity contribution in [2.45, 2.75) is 26.3 Å². The standard InChI is InChI=1S/C15H21ClN2O3/c1-10(2)7-13(9-19)18-14(20)8-17-15(21)11-3-5-12(16)6-4-11/h3-6,10,13,19H,7-9H2,1-2H3,(H,17,21)(H,18,20). The smallest absolute Gasteiger partial charge is 0.251 e. The molecule has 2 amide bonds. The maximum absolute atomic E-state index is 11.8. The van der Waals surface area contributed by atoms with Crippen LogP contribution in [0.15, 0.2) is 24.3 Å². The van der Waals surface area contributed by atoms with Gasteiger partial charge in [-0.1, -0.05) is 25.4 Å². The molecular weight excluding hydrogens is 292 g/mol. The first-order chi connectivity index (χ1) is 9.92. The molecule has 116 valence electrons. The quantitative estimate of drug-likeness (QED) is 0.715. The lowest BCUT2D eigenvalue weighted by Crippen LogP contribution is -2.44. The van der Waals surface area contributed by atoms with E-state index < -0.39 is 0 Å². The molecular formula is C15H21ClN2O3. The number of aliphatic hydroxyl groups excluding tert-OH is 1. The predicted molar refractivity (Wildman–Crippen MR) is 82.3 cm³/mol. The second-order valence-electron chi connectivity index (χ2n) is 5.27. The molecule has 0 aliphatic rings. The fourth-order valence-electron chi connectivity index (χ4n) is 1.89. The number of halogens is 1. The molecule has 6 heteroatoms. The Hall–Kier alpha value is -1.59. The van der Waals surface area contributed by atoms with E-state index in [1.165, 1.54) is 0 Å². The van der Waals surface area contributed by atoms with Crippen LogP contribution in [0.1, 0.15) is 30.6 Å². The Labute approximate surface area is 129 Å². The SMILES string of the molecule is CC(C)CC(CO)NC(=O)CNC(=O)c1ccc(Cl)cc1. The summed E-state index contributed by atoms with van der Waals surface area (Å²) in [5, 5.41) is 15.0. The van der Waals surface area contributed by atoms with Crippen LogP contribution in [0, 0.1) is 5.92 Å². The number of carbonyl (C=O) groups is 2. The molecule has 0 aromatic heterocycles. The summed E-state index contributed by atoms with van der Waals surface area (Å²) >= 11 is 5.74. The molecule has 0 fully saturated rings. The van der Waals surface area contributed by atoms with E-state index in [0.29, 0.717) is 22.9 Å². The summed E-state index contributed by atoms with van der Waals surface area (Å²) in [4.78, 5) is 23.5. The second-order valence-corrected chi connectivity index (χ2v) is 5.70. The minimum Gasteiger partial charge on any atom is -0.394 e. The van der Waals surface area contributed by atoms with Gasteiger partial charge in [-0.15, -0.1) is 0 Å². The fourth-order valence-corrected chi connectivity index (χ4v) is 2.02. The van der Waals surface area contributed by atoms with Gasteiger partial charge in [0.1, 0.15) is 0 Å². The van der Waals surface area contributed by atoms with Crippen LogP contribution in [0.25, 0.3) is 0 Å². The van der Waals surface area contributed by atoms with Crippen molar-refractivity contribution in [3.8, 4) is 0 Å². The van der Waals surface area contributed by atoms with Crippen LogP contribution in [-0.4, -0.2) is 36.1 Å². The van der Waals surface area contributed by atoms with Crippen LogP contribution < -0.4 is 10.6 Å². The van der Waals surface area contributed by atoms with E-state index in [1.54, 1.807) is 24.3 Å². The van der Waals surface area contributed by atoms with E-state index in [0.717, 1.165) is 0 Å². The van der Waals surface area contributed by atoms with Crippen LogP contribution in [0.2, 0.25) is 5.02 Å². The van der Waals surface area contributed by atoms with Crippen molar-refractivity contribution in [3.05, 3.63) is 34.9 Å². The van der Waals surface area contributed by atoms with Gasteiger partial charge in [0.15, 0.2) is 0 Å². The van der Waals surface area contributed by atoms with Crippen LogP contribution in [0.5, 0.6) is 0 Å². The molecule has 0 aliphatic heterocycles. The Morgan fingerprint density at radius 2 is 1.86 bits per heavy atom. The second kappa shape index (κ2) is 8.64. The van der Waals surface area contributed by atoms with E-state index in [1.807, 2.05) is 13.8 Å². The van der Waals surface area contributed by atoms with Gasteiger partial charge in [-0.2, -0.15) is 0 Å². The van der Waals surface area contributed by atoms with Crippen molar-refractivity contribution in [1.29, 1.82) is 0 Å². The maximum atomic E-state index is 11.8. The van der Waals surface area contributed by atoms with Crippen molar-refractivity contribution >= 4 is 23.4 Å². The molecule has 0 saturated carbocycles. The average Bonchev–Trinajstić information content (AvgIpc) is 2.44. The molecule has 3 N–H and O–H groups in total. The van der Waals surface area contributed by atoms with Crippen molar-refractivity contribution in [2.24, 2.45) is 5.92 Å². The predicted octanol–water partition coefficient (Wildman–Crippen LogP) is 1.59. The van der Waals surface area contributed by atoms with E-state index in [9.17, 15) is 14.7 Å². The summed E-state index contributed by atoms with van der Waals surface area (Å²) in [5.41, 5.74) is 0.438. The minimum atomic E-state index is -0.341. The van der Waals surface area contributed by atoms with Crippen LogP contribution in [0.4, 0.5) is 0 Å². The van der Waals surface area contributed by atoms with E-state index in [-0.39, 0.29) is 31.0 Å². The van der Waals surface area contributed by atoms with Gasteiger partial charge in [-0.3, -0.25) is 9.59 Å². The van der Waals surface area contributed by atoms with Gasteiger partial charge in [0, 0.05) is 10.6 Å². The highest BCUT2D eigenvalue weighted by molar-refractivity contribution is 6.30. The molecule has 0 radical (unpaired) electrons. The lowest BCUT2D eigenvalue weighted by molar-refractivity contribution is -0.121. The van der Waals surface area contributed by atoms with E-state index in [4.69, 9.17) is 11.6 Å². The third-order valence-electron chi connectivity index (χ3n) is 2.86. The fraction of sp³-hybridized carbons (Fsp3) is 0.467. The van der Waals surface area contributed by atoms with Gasteiger partial charge < -0.3 is 15.7 Å². The number of hydrogen-bond acceptors (Lipinski definition) is 3. The van der Waals surface area contributed by atoms with Gasteiger partial charge in [0.2, 0.25) is 5.91 Å². The number of nitrogens with one attached hydrogen (secondary N) is 2. The summed E-state index contributed by atoms with van der Waals surface area (Å²) in [7, 11) is 0. The first-order valence-electron chi connectivity index (χ1n) is 6.86. The summed E-state index contributed by atoms with van der Waals surface area (Å²) in [6.07, 6.45) is 0.688. The Kier molecular flexibility index (Phi) is 7.19. The van der Waals surface area contributed by atoms with Crippen LogP contribution in [0.3, 0.4) is 0 Å². The zero-order chi connectivity index (χ0) is 15.8. The number of rotatable bonds is 7. The van der Waals surface area contributed by atoms with Crippen molar-refractivity contribution in [2.75, 3.05) is 13.2 Å². The third kappa shape index (κ3) is 6.60. The average molecular weight is 313 g/mol. The van der Waals surface area contributed by atoms with Gasteiger partial charge >= 0.3 is 0 Å². The number of hydrogen-bond donors (Lipinski definition) is 3. The van der Waals surface area contributed by atoms with Gasteiger partial charge in [0.05, 0.1) is 19.2 Å². The molecule has 0 bridgehead atoms. The highest BCUT2D eigenvalue weighted by Crippen LogP contribution is 2.09. The first-order valence-corrected chi connectivity index (χ1v) is 7.24. The Bertz CT molecular complexity index is 474. The third-order valence-corrected chi connectivity index (χ3v) is 3.11. The highest BCUT2D eigenvalue weighted by Gasteiger charge is 2.14. The Morgan fingerprint density at radius 1 is 1.24 bits per heavy atom. The lowest BCUT2D eigenvalue weighted by Gasteiger charge is -2.18. The lowest BCUT2D eigenvalue weighted by atomic mass is 10.0. The summed E-state index contributed by atoms with van der Waals surface area (Å²) in [6, 6.07) is 6.11. The minimum absolute atomic E-state index is 0.116. The Balaban J connectivity index is 2.41. The van der Waals surface area contributed by atoms with E-state index >= 15 is 0 Å². The summed E-state index contributed by atoms with van der Waals surface area (Å²) in [5.74, 6) is -0.297. The number of benzene rings is 1. The van der Waals surface area contributed by atoms with Crippen LogP contribution >= 0.6 is 11.6 Å². The zero-order valence-electron chi connectivity index (χ0n) is 12.2. The molecule has 1 rings (SSSR count). The molecule has 1 aromatic rings. The molecule has 1 aromatic carbocycles. The molecule has 0 spiro atoms. The first kappa shape index (κ1) is 17.5. The number of amides is 2. The van der Waals surface area contributed by atoms with Crippen molar-refractivity contribution < 1.29 is 14.7 Å². The van der Waals surface area contributed by atoms with Gasteiger partial charge in [-0.25, -0.2) is 0 Å². The number of carbonyl (C=O) groups excluding carboxylic acids is 2. The normalized spacial score (nSPS) is 12.0. The topological polar surface area (TPSA) is 78.4 Å². The largest absolute Gasteiger partial charge is 0.394 e. The molecule has 5 nitrogen and oxygen atoms in total. The van der Waals surface area contributed by atoms with Crippen molar-refractivity contribution in [3.63, 3.8) is 0 Å². The molecule has 1 atom stereocenters. The van der Waals surface area contributed by atoms with E-state index in [2.05, 4.69) is 10.6 Å². The Morgan fingerprint density at radius 3 is 2.38 bits per heavy atom. The monoisotopic (exact) mass is 312 g/mol. The van der Waals surface area contributed by atoms with Crippen molar-refractivity contribution in [1.82, 2.24) is 10.6 Å².